The van der Waals surface area contributed by atoms with Gasteiger partial charge in [-0.15, -0.1) is 5.10 Å². The van der Waals surface area contributed by atoms with Crippen LogP contribution in [-0.2, 0) is 18.3 Å². The monoisotopic (exact) mass is 331 g/mol. The van der Waals surface area contributed by atoms with Gasteiger partial charge in [0.15, 0.2) is 0 Å². The predicted molar refractivity (Wildman–Crippen MR) is 89.0 cm³/mol. The third-order valence-electron chi connectivity index (χ3n) is 4.33. The number of amides is 1. The Hall–Kier alpha value is -1.89. The fraction of sp³-hybridized carbons (Fsp3) is 0.500. The van der Waals surface area contributed by atoms with Gasteiger partial charge >= 0.3 is 0 Å². The molecule has 1 heterocycles. The molecule has 0 radical (unpaired) electrons. The molecule has 1 aliphatic rings. The van der Waals surface area contributed by atoms with Crippen molar-refractivity contribution < 1.29 is 4.79 Å². The molecular formula is C16H21N5OS. The van der Waals surface area contributed by atoms with Gasteiger partial charge in [-0.3, -0.25) is 4.79 Å². The van der Waals surface area contributed by atoms with Gasteiger partial charge in [-0.1, -0.05) is 36.0 Å². The average molecular weight is 331 g/mol. The Morgan fingerprint density at radius 2 is 2.26 bits per heavy atom. The second-order valence-corrected chi connectivity index (χ2v) is 6.86. The molecule has 1 aromatic heterocycles. The van der Waals surface area contributed by atoms with Gasteiger partial charge in [0.05, 0.1) is 6.04 Å². The summed E-state index contributed by atoms with van der Waals surface area (Å²) < 4.78 is 1.62. The highest BCUT2D eigenvalue weighted by molar-refractivity contribution is 7.99. The number of aromatic nitrogens is 4. The summed E-state index contributed by atoms with van der Waals surface area (Å²) in [7, 11) is 3.72. The average Bonchev–Trinajstić information content (AvgIpc) is 2.98. The van der Waals surface area contributed by atoms with Gasteiger partial charge in [0, 0.05) is 26.3 Å². The zero-order valence-electron chi connectivity index (χ0n) is 13.5. The molecule has 23 heavy (non-hydrogen) atoms. The molecule has 1 aliphatic carbocycles. The molecule has 0 N–H and O–H groups in total. The maximum absolute atomic E-state index is 12.5. The minimum Gasteiger partial charge on any atom is -0.339 e. The van der Waals surface area contributed by atoms with Crippen molar-refractivity contribution in [1.29, 1.82) is 0 Å². The fourth-order valence-corrected chi connectivity index (χ4v) is 3.83. The molecule has 1 atom stereocenters. The largest absolute Gasteiger partial charge is 0.339 e. The number of fused-ring (bicyclic) bond motifs is 1. The van der Waals surface area contributed by atoms with Crippen molar-refractivity contribution in [3.63, 3.8) is 0 Å². The number of nitrogens with zero attached hydrogens (tertiary/aromatic N) is 5. The van der Waals surface area contributed by atoms with E-state index in [1.807, 2.05) is 11.9 Å². The molecule has 1 aromatic carbocycles. The normalized spacial score (nSPS) is 16.9. The molecule has 0 fully saturated rings. The molecule has 122 valence electrons. The highest BCUT2D eigenvalue weighted by Crippen LogP contribution is 2.33. The van der Waals surface area contributed by atoms with Crippen molar-refractivity contribution in [1.82, 2.24) is 25.1 Å². The van der Waals surface area contributed by atoms with Crippen LogP contribution in [0.5, 0.6) is 0 Å². The zero-order chi connectivity index (χ0) is 16.2. The van der Waals surface area contributed by atoms with E-state index >= 15 is 0 Å². The van der Waals surface area contributed by atoms with Gasteiger partial charge in [-0.2, -0.15) is 0 Å². The molecule has 7 heteroatoms. The number of carbonyl (C=O) groups is 1. The lowest BCUT2D eigenvalue weighted by Crippen LogP contribution is -2.33. The van der Waals surface area contributed by atoms with Crippen LogP contribution in [0.25, 0.3) is 0 Å². The van der Waals surface area contributed by atoms with Gasteiger partial charge in [0.1, 0.15) is 0 Å². The van der Waals surface area contributed by atoms with E-state index in [1.54, 1.807) is 11.7 Å². The minimum atomic E-state index is 0.175. The number of thioether (sulfide) groups is 1. The molecule has 1 amide bonds. The maximum Gasteiger partial charge on any atom is 0.223 e. The maximum atomic E-state index is 12.5. The summed E-state index contributed by atoms with van der Waals surface area (Å²) in [5.41, 5.74) is 2.68. The van der Waals surface area contributed by atoms with E-state index in [2.05, 4.69) is 39.8 Å². The Morgan fingerprint density at radius 3 is 3.04 bits per heavy atom. The smallest absolute Gasteiger partial charge is 0.223 e. The number of benzene rings is 1. The number of carbonyl (C=O) groups excluding carboxylic acids is 1. The van der Waals surface area contributed by atoms with Crippen molar-refractivity contribution in [3.8, 4) is 0 Å². The topological polar surface area (TPSA) is 63.9 Å². The van der Waals surface area contributed by atoms with Crippen LogP contribution in [0, 0.1) is 0 Å². The summed E-state index contributed by atoms with van der Waals surface area (Å²) in [5.74, 6) is 0.862. The molecule has 6 nitrogen and oxygen atoms in total. The lowest BCUT2D eigenvalue weighted by molar-refractivity contribution is -0.131. The van der Waals surface area contributed by atoms with Crippen molar-refractivity contribution >= 4 is 17.7 Å². The summed E-state index contributed by atoms with van der Waals surface area (Å²) in [6, 6.07) is 8.68. The fourth-order valence-electron chi connectivity index (χ4n) is 3.05. The van der Waals surface area contributed by atoms with E-state index < -0.39 is 0 Å². The summed E-state index contributed by atoms with van der Waals surface area (Å²) in [6.07, 6.45) is 3.79. The van der Waals surface area contributed by atoms with Crippen LogP contribution in [0.4, 0.5) is 0 Å². The predicted octanol–water partition coefficient (Wildman–Crippen LogP) is 2.23. The number of rotatable bonds is 5. The number of aryl methyl sites for hydroxylation is 2. The van der Waals surface area contributed by atoms with Crippen molar-refractivity contribution in [2.45, 2.75) is 36.9 Å². The van der Waals surface area contributed by atoms with Crippen LogP contribution in [0.3, 0.4) is 0 Å². The Morgan fingerprint density at radius 1 is 1.43 bits per heavy atom. The van der Waals surface area contributed by atoms with Crippen molar-refractivity contribution in [2.24, 2.45) is 7.05 Å². The summed E-state index contributed by atoms with van der Waals surface area (Å²) in [6.45, 7) is 0. The van der Waals surface area contributed by atoms with Gasteiger partial charge in [-0.05, 0) is 40.8 Å². The van der Waals surface area contributed by atoms with Crippen LogP contribution in [0.1, 0.15) is 36.4 Å². The Labute approximate surface area is 140 Å². The van der Waals surface area contributed by atoms with Crippen molar-refractivity contribution in [2.75, 3.05) is 12.8 Å². The molecule has 0 saturated carbocycles. The van der Waals surface area contributed by atoms with Gasteiger partial charge in [0.2, 0.25) is 11.1 Å². The summed E-state index contributed by atoms with van der Waals surface area (Å²) >= 11 is 1.51. The molecule has 0 aliphatic heterocycles. The molecule has 3 rings (SSSR count). The highest BCUT2D eigenvalue weighted by Gasteiger charge is 2.26. The van der Waals surface area contributed by atoms with Crippen molar-refractivity contribution in [3.05, 3.63) is 35.4 Å². The number of hydrogen-bond donors (Lipinski definition) is 0. The molecule has 0 bridgehead atoms. The third kappa shape index (κ3) is 3.55. The molecule has 0 unspecified atom stereocenters. The standard InChI is InChI=1S/C16H21N5OS/c1-20(14-9-5-7-12-6-3-4-8-13(12)14)15(22)10-11-23-16-17-18-19-21(16)2/h3-4,6,8,14H,5,7,9-11H2,1-2H3/t14-/m0/s1. The first kappa shape index (κ1) is 16.0. The van der Waals surface area contributed by atoms with Gasteiger partial charge in [-0.25, -0.2) is 4.68 Å². The molecule has 2 aromatic rings. The second-order valence-electron chi connectivity index (χ2n) is 5.80. The SMILES string of the molecule is CN(C(=O)CCSc1nnnn1C)[C@H]1CCCc2ccccc21. The Kier molecular flexibility index (Phi) is 4.95. The third-order valence-corrected chi connectivity index (χ3v) is 5.34. The van der Waals surface area contributed by atoms with Gasteiger partial charge in [0.25, 0.3) is 0 Å². The number of tetrazole rings is 1. The second kappa shape index (κ2) is 7.12. The molecule has 0 saturated heterocycles. The first-order valence-corrected chi connectivity index (χ1v) is 8.84. The van der Waals surface area contributed by atoms with E-state index in [9.17, 15) is 4.79 Å². The van der Waals surface area contributed by atoms with E-state index in [1.165, 1.54) is 22.9 Å². The quantitative estimate of drug-likeness (QED) is 0.786. The lowest BCUT2D eigenvalue weighted by atomic mass is 9.87. The lowest BCUT2D eigenvalue weighted by Gasteiger charge is -2.33. The first-order valence-electron chi connectivity index (χ1n) is 7.85. The molecule has 0 spiro atoms. The Bertz CT molecular complexity index is 687. The number of hydrogen-bond acceptors (Lipinski definition) is 5. The zero-order valence-corrected chi connectivity index (χ0v) is 14.3. The van der Waals surface area contributed by atoms with E-state index in [-0.39, 0.29) is 11.9 Å². The first-order chi connectivity index (χ1) is 11.2. The minimum absolute atomic E-state index is 0.175. The molecular weight excluding hydrogens is 310 g/mol. The Balaban J connectivity index is 1.59. The van der Waals surface area contributed by atoms with Crippen LogP contribution in [0.15, 0.2) is 29.4 Å². The van der Waals surface area contributed by atoms with E-state index in [4.69, 9.17) is 0 Å². The summed E-state index contributed by atoms with van der Waals surface area (Å²) in [4.78, 5) is 14.4. The summed E-state index contributed by atoms with van der Waals surface area (Å²) in [5, 5.41) is 12.0. The van der Waals surface area contributed by atoms with Crippen LogP contribution >= 0.6 is 11.8 Å². The van der Waals surface area contributed by atoms with E-state index in [0.29, 0.717) is 12.2 Å². The van der Waals surface area contributed by atoms with E-state index in [0.717, 1.165) is 24.4 Å². The highest BCUT2D eigenvalue weighted by atomic mass is 32.2. The van der Waals surface area contributed by atoms with Crippen LogP contribution in [-0.4, -0.2) is 43.8 Å². The van der Waals surface area contributed by atoms with Crippen LogP contribution in [0.2, 0.25) is 0 Å². The van der Waals surface area contributed by atoms with Crippen LogP contribution < -0.4 is 0 Å². The van der Waals surface area contributed by atoms with Gasteiger partial charge < -0.3 is 4.90 Å².